The van der Waals surface area contributed by atoms with Crippen LogP contribution in [0.2, 0.25) is 0 Å². The monoisotopic (exact) mass is 302 g/mol. The Morgan fingerprint density at radius 2 is 2.19 bits per heavy atom. The van der Waals surface area contributed by atoms with Gasteiger partial charge in [-0.3, -0.25) is 0 Å². The van der Waals surface area contributed by atoms with Crippen molar-refractivity contribution in [3.05, 3.63) is 17.3 Å². The third kappa shape index (κ3) is 2.64. The molecule has 1 saturated heterocycles. The van der Waals surface area contributed by atoms with Crippen molar-refractivity contribution in [2.75, 3.05) is 18.0 Å². The Kier molecular flexibility index (Phi) is 3.55. The molecule has 2 aromatic rings. The molecule has 21 heavy (non-hydrogen) atoms. The van der Waals surface area contributed by atoms with E-state index in [2.05, 4.69) is 32.5 Å². The summed E-state index contributed by atoms with van der Waals surface area (Å²) in [6.07, 6.45) is 8.32. The molecule has 1 saturated carbocycles. The van der Waals surface area contributed by atoms with Crippen molar-refractivity contribution in [3.8, 4) is 0 Å². The second-order valence-corrected chi connectivity index (χ2v) is 7.20. The van der Waals surface area contributed by atoms with E-state index in [9.17, 15) is 0 Å². The quantitative estimate of drug-likeness (QED) is 0.942. The van der Waals surface area contributed by atoms with Gasteiger partial charge in [0.05, 0.1) is 10.2 Å². The largest absolute Gasteiger partial charge is 0.351 e. The Bertz CT molecular complexity index is 628. The molecule has 0 spiro atoms. The lowest BCUT2D eigenvalue weighted by Gasteiger charge is -2.31. The molecular formula is C16H22N4S. The molecule has 1 N–H and O–H groups in total. The Morgan fingerprint density at radius 3 is 2.95 bits per heavy atom. The van der Waals surface area contributed by atoms with Gasteiger partial charge < -0.3 is 10.2 Å². The van der Waals surface area contributed by atoms with E-state index in [1.165, 1.54) is 48.9 Å². The van der Waals surface area contributed by atoms with E-state index in [0.717, 1.165) is 17.9 Å². The summed E-state index contributed by atoms with van der Waals surface area (Å²) in [7, 11) is 0. The SMILES string of the molecule is Cc1csc2c(N(CC3CCCCN3)C3CC3)ncnc12. The van der Waals surface area contributed by atoms with Crippen LogP contribution in [-0.2, 0) is 0 Å². The highest BCUT2D eigenvalue weighted by Gasteiger charge is 2.33. The summed E-state index contributed by atoms with van der Waals surface area (Å²) in [6, 6.07) is 1.31. The molecule has 2 fully saturated rings. The van der Waals surface area contributed by atoms with Gasteiger partial charge in [0, 0.05) is 18.6 Å². The molecule has 0 radical (unpaired) electrons. The van der Waals surface area contributed by atoms with Crippen molar-refractivity contribution in [2.45, 2.75) is 51.1 Å². The highest BCUT2D eigenvalue weighted by Crippen LogP contribution is 2.37. The Balaban J connectivity index is 1.65. The average molecular weight is 302 g/mol. The number of nitrogens with zero attached hydrogens (tertiary/aromatic N) is 3. The molecule has 1 unspecified atom stereocenters. The van der Waals surface area contributed by atoms with Crippen LogP contribution in [0.3, 0.4) is 0 Å². The van der Waals surface area contributed by atoms with Crippen molar-refractivity contribution < 1.29 is 0 Å². The maximum Gasteiger partial charge on any atom is 0.150 e. The number of hydrogen-bond donors (Lipinski definition) is 1. The lowest BCUT2D eigenvalue weighted by Crippen LogP contribution is -2.44. The average Bonchev–Trinajstić information content (AvgIpc) is 3.30. The van der Waals surface area contributed by atoms with Crippen molar-refractivity contribution in [3.63, 3.8) is 0 Å². The lowest BCUT2D eigenvalue weighted by atomic mass is 10.0. The highest BCUT2D eigenvalue weighted by molar-refractivity contribution is 7.18. The number of hydrogen-bond acceptors (Lipinski definition) is 5. The molecule has 1 aliphatic carbocycles. The van der Waals surface area contributed by atoms with Crippen molar-refractivity contribution in [1.82, 2.24) is 15.3 Å². The number of fused-ring (bicyclic) bond motifs is 1. The fraction of sp³-hybridized carbons (Fsp3) is 0.625. The molecular weight excluding hydrogens is 280 g/mol. The first-order valence-corrected chi connectivity index (χ1v) is 8.90. The first kappa shape index (κ1) is 13.5. The van der Waals surface area contributed by atoms with Gasteiger partial charge in [-0.25, -0.2) is 9.97 Å². The first-order valence-electron chi connectivity index (χ1n) is 8.02. The molecule has 5 heteroatoms. The van der Waals surface area contributed by atoms with Crippen molar-refractivity contribution in [1.29, 1.82) is 0 Å². The summed E-state index contributed by atoms with van der Waals surface area (Å²) < 4.78 is 1.26. The second kappa shape index (κ2) is 5.54. The van der Waals surface area contributed by atoms with Gasteiger partial charge in [-0.15, -0.1) is 11.3 Å². The van der Waals surface area contributed by atoms with Crippen LogP contribution in [0, 0.1) is 6.92 Å². The van der Waals surface area contributed by atoms with Gasteiger partial charge in [-0.1, -0.05) is 6.42 Å². The summed E-state index contributed by atoms with van der Waals surface area (Å²) in [4.78, 5) is 11.7. The van der Waals surface area contributed by atoms with Crippen LogP contribution in [0.15, 0.2) is 11.7 Å². The Morgan fingerprint density at radius 1 is 1.29 bits per heavy atom. The number of aromatic nitrogens is 2. The van der Waals surface area contributed by atoms with Gasteiger partial charge in [0.15, 0.2) is 0 Å². The molecule has 112 valence electrons. The summed E-state index contributed by atoms with van der Waals surface area (Å²) in [5, 5.41) is 5.87. The zero-order chi connectivity index (χ0) is 14.2. The van der Waals surface area contributed by atoms with Crippen LogP contribution in [0.1, 0.15) is 37.7 Å². The zero-order valence-electron chi connectivity index (χ0n) is 12.5. The predicted octanol–water partition coefficient (Wildman–Crippen LogP) is 3.11. The second-order valence-electron chi connectivity index (χ2n) is 6.32. The van der Waals surface area contributed by atoms with E-state index in [1.54, 1.807) is 17.7 Å². The van der Waals surface area contributed by atoms with Crippen LogP contribution in [-0.4, -0.2) is 35.1 Å². The van der Waals surface area contributed by atoms with Gasteiger partial charge in [0.1, 0.15) is 12.1 Å². The molecule has 0 amide bonds. The third-order valence-electron chi connectivity index (χ3n) is 4.60. The summed E-state index contributed by atoms with van der Waals surface area (Å²) >= 11 is 1.79. The minimum atomic E-state index is 0.616. The predicted molar refractivity (Wildman–Crippen MR) is 88.2 cm³/mol. The fourth-order valence-corrected chi connectivity index (χ4v) is 4.28. The maximum atomic E-state index is 4.64. The summed E-state index contributed by atoms with van der Waals surface area (Å²) in [5.74, 6) is 1.16. The molecule has 3 heterocycles. The van der Waals surface area contributed by atoms with E-state index in [4.69, 9.17) is 0 Å². The van der Waals surface area contributed by atoms with E-state index in [0.29, 0.717) is 12.1 Å². The van der Waals surface area contributed by atoms with Crippen LogP contribution < -0.4 is 10.2 Å². The van der Waals surface area contributed by atoms with Crippen LogP contribution in [0.4, 0.5) is 5.82 Å². The van der Waals surface area contributed by atoms with Gasteiger partial charge in [0.2, 0.25) is 0 Å². The van der Waals surface area contributed by atoms with Gasteiger partial charge >= 0.3 is 0 Å². The molecule has 0 bridgehead atoms. The number of piperidine rings is 1. The van der Waals surface area contributed by atoms with Crippen molar-refractivity contribution >= 4 is 27.4 Å². The third-order valence-corrected chi connectivity index (χ3v) is 5.68. The molecule has 0 aromatic carbocycles. The van der Waals surface area contributed by atoms with E-state index >= 15 is 0 Å². The van der Waals surface area contributed by atoms with Crippen LogP contribution in [0.5, 0.6) is 0 Å². The Labute approximate surface area is 129 Å². The minimum Gasteiger partial charge on any atom is -0.351 e. The first-order chi connectivity index (χ1) is 10.3. The van der Waals surface area contributed by atoms with E-state index in [-0.39, 0.29) is 0 Å². The number of rotatable bonds is 4. The van der Waals surface area contributed by atoms with Crippen LogP contribution >= 0.6 is 11.3 Å². The molecule has 4 rings (SSSR count). The topological polar surface area (TPSA) is 41.0 Å². The number of nitrogens with one attached hydrogen (secondary N) is 1. The maximum absolute atomic E-state index is 4.64. The fourth-order valence-electron chi connectivity index (χ4n) is 3.27. The van der Waals surface area contributed by atoms with Crippen molar-refractivity contribution in [2.24, 2.45) is 0 Å². The zero-order valence-corrected chi connectivity index (χ0v) is 13.3. The molecule has 1 atom stereocenters. The Hall–Kier alpha value is -1.20. The lowest BCUT2D eigenvalue weighted by molar-refractivity contribution is 0.398. The molecule has 1 aliphatic heterocycles. The van der Waals surface area contributed by atoms with Crippen LogP contribution in [0.25, 0.3) is 10.2 Å². The van der Waals surface area contributed by atoms with E-state index in [1.807, 2.05) is 0 Å². The van der Waals surface area contributed by atoms with Gasteiger partial charge in [-0.05, 0) is 50.1 Å². The highest BCUT2D eigenvalue weighted by atomic mass is 32.1. The summed E-state index contributed by atoms with van der Waals surface area (Å²) in [6.45, 7) is 4.40. The number of anilines is 1. The standard InChI is InChI=1S/C16H22N4S/c1-11-9-21-15-14(11)18-10-19-16(15)20(13-5-6-13)8-12-4-2-3-7-17-12/h9-10,12-13,17H,2-8H2,1H3. The normalized spacial score (nSPS) is 22.6. The minimum absolute atomic E-state index is 0.616. The summed E-state index contributed by atoms with van der Waals surface area (Å²) in [5.41, 5.74) is 2.40. The number of thiophene rings is 1. The molecule has 2 aliphatic rings. The molecule has 2 aromatic heterocycles. The van der Waals surface area contributed by atoms with Gasteiger partial charge in [0.25, 0.3) is 0 Å². The number of aryl methyl sites for hydroxylation is 1. The van der Waals surface area contributed by atoms with E-state index < -0.39 is 0 Å². The smallest absolute Gasteiger partial charge is 0.150 e. The molecule has 4 nitrogen and oxygen atoms in total. The van der Waals surface area contributed by atoms with Gasteiger partial charge in [-0.2, -0.15) is 0 Å².